The zero-order chi connectivity index (χ0) is 25.2. The second kappa shape index (κ2) is 26.0. The van der Waals surface area contributed by atoms with E-state index < -0.39 is 18.0 Å². The van der Waals surface area contributed by atoms with E-state index in [9.17, 15) is 9.59 Å². The Bertz CT molecular complexity index is 587. The molecule has 7 N–H and O–H groups in total. The van der Waals surface area contributed by atoms with Crippen molar-refractivity contribution in [3.63, 3.8) is 0 Å². The molecule has 0 aromatic carbocycles. The lowest BCUT2D eigenvalue weighted by molar-refractivity contribution is -0.267. The molecule has 0 aliphatic rings. The molecule has 0 saturated heterocycles. The van der Waals surface area contributed by atoms with Gasteiger partial charge in [0.15, 0.2) is 0 Å². The fourth-order valence-corrected chi connectivity index (χ4v) is 2.52. The molecule has 0 aliphatic carbocycles. The van der Waals surface area contributed by atoms with E-state index in [1.54, 1.807) is 0 Å². The molecule has 0 bridgehead atoms. The summed E-state index contributed by atoms with van der Waals surface area (Å²) in [5, 5.41) is 25.6. The molecule has 0 spiro atoms. The summed E-state index contributed by atoms with van der Waals surface area (Å²) in [5.74, 6) is -1.69. The molecule has 0 heterocycles. The van der Waals surface area contributed by atoms with Crippen molar-refractivity contribution < 1.29 is 29.9 Å². The van der Waals surface area contributed by atoms with Crippen LogP contribution < -0.4 is 11.5 Å². The maximum atomic E-state index is 10.3. The molecular formula is C25H44N2O6. The van der Waals surface area contributed by atoms with Crippen molar-refractivity contribution in [2.45, 2.75) is 89.7 Å². The van der Waals surface area contributed by atoms with Crippen molar-refractivity contribution in [1.82, 2.24) is 0 Å². The predicted octanol–water partition coefficient (Wildman–Crippen LogP) is 4.82. The maximum absolute atomic E-state index is 10.3. The molecule has 33 heavy (non-hydrogen) atoms. The Labute approximate surface area is 198 Å². The third-order valence-corrected chi connectivity index (χ3v) is 4.48. The SMILES string of the molecule is CCCCCC(/C=C/C=C/C/C=C/C/C=C/CCCC(=O)O)OO.NCCCC(N)C(=O)O. The second-order valence-electron chi connectivity index (χ2n) is 7.53. The molecule has 190 valence electrons. The number of carboxylic acids is 2. The van der Waals surface area contributed by atoms with Gasteiger partial charge in [-0.15, -0.1) is 0 Å². The van der Waals surface area contributed by atoms with Gasteiger partial charge < -0.3 is 21.7 Å². The van der Waals surface area contributed by atoms with E-state index in [0.717, 1.165) is 44.9 Å². The lowest BCUT2D eigenvalue weighted by Gasteiger charge is -2.07. The Balaban J connectivity index is 0. The summed E-state index contributed by atoms with van der Waals surface area (Å²) < 4.78 is 0. The Hall–Kier alpha value is -2.26. The Morgan fingerprint density at radius 1 is 0.909 bits per heavy atom. The van der Waals surface area contributed by atoms with E-state index in [2.05, 4.69) is 30.0 Å². The van der Waals surface area contributed by atoms with Gasteiger partial charge in [0, 0.05) is 6.42 Å². The van der Waals surface area contributed by atoms with Gasteiger partial charge in [0.05, 0.1) is 0 Å². The predicted molar refractivity (Wildman–Crippen MR) is 133 cm³/mol. The molecule has 2 atom stereocenters. The van der Waals surface area contributed by atoms with E-state index in [0.29, 0.717) is 25.8 Å². The highest BCUT2D eigenvalue weighted by molar-refractivity contribution is 5.72. The van der Waals surface area contributed by atoms with Gasteiger partial charge in [0.25, 0.3) is 0 Å². The highest BCUT2D eigenvalue weighted by Gasteiger charge is 2.08. The van der Waals surface area contributed by atoms with Crippen molar-refractivity contribution in [2.24, 2.45) is 11.5 Å². The summed E-state index contributed by atoms with van der Waals surface area (Å²) in [4.78, 5) is 24.8. The number of carbonyl (C=O) groups is 2. The van der Waals surface area contributed by atoms with Crippen molar-refractivity contribution in [1.29, 1.82) is 0 Å². The topological polar surface area (TPSA) is 156 Å². The molecule has 8 heteroatoms. The van der Waals surface area contributed by atoms with Crippen LogP contribution in [0.5, 0.6) is 0 Å². The first-order chi connectivity index (χ1) is 15.9. The molecule has 0 rings (SSSR count). The van der Waals surface area contributed by atoms with Crippen LogP contribution in [0.25, 0.3) is 0 Å². The van der Waals surface area contributed by atoms with Gasteiger partial charge in [-0.25, -0.2) is 4.89 Å². The number of aliphatic carboxylic acids is 2. The Morgan fingerprint density at radius 3 is 2.15 bits per heavy atom. The first kappa shape index (κ1) is 32.9. The summed E-state index contributed by atoms with van der Waals surface area (Å²) in [7, 11) is 0. The number of rotatable bonds is 19. The van der Waals surface area contributed by atoms with Gasteiger partial charge in [0.1, 0.15) is 12.1 Å². The Morgan fingerprint density at radius 2 is 1.58 bits per heavy atom. The van der Waals surface area contributed by atoms with E-state index in [1.165, 1.54) is 0 Å². The van der Waals surface area contributed by atoms with Crippen LogP contribution in [0.15, 0.2) is 48.6 Å². The fourth-order valence-electron chi connectivity index (χ4n) is 2.52. The monoisotopic (exact) mass is 468 g/mol. The number of hydrogen-bond acceptors (Lipinski definition) is 6. The summed E-state index contributed by atoms with van der Waals surface area (Å²) in [6.45, 7) is 2.65. The number of carboxylic acid groups (broad SMARTS) is 2. The summed E-state index contributed by atoms with van der Waals surface area (Å²) in [6, 6.07) is -0.742. The number of allylic oxidation sites excluding steroid dienone is 7. The molecule has 0 amide bonds. The van der Waals surface area contributed by atoms with E-state index in [4.69, 9.17) is 26.9 Å². The van der Waals surface area contributed by atoms with Crippen LogP contribution in [0.3, 0.4) is 0 Å². The van der Waals surface area contributed by atoms with Crippen molar-refractivity contribution in [2.75, 3.05) is 6.54 Å². The van der Waals surface area contributed by atoms with Crippen LogP contribution in [0.1, 0.15) is 77.6 Å². The van der Waals surface area contributed by atoms with E-state index in [1.807, 2.05) is 30.4 Å². The number of hydrogen-bond donors (Lipinski definition) is 5. The van der Waals surface area contributed by atoms with Crippen LogP contribution in [0.4, 0.5) is 0 Å². The summed E-state index contributed by atoms with van der Waals surface area (Å²) in [5.41, 5.74) is 10.3. The minimum absolute atomic E-state index is 0.219. The van der Waals surface area contributed by atoms with Gasteiger partial charge >= 0.3 is 11.9 Å². The zero-order valence-corrected chi connectivity index (χ0v) is 20.0. The molecule has 0 fully saturated rings. The molecule has 0 radical (unpaired) electrons. The second-order valence-corrected chi connectivity index (χ2v) is 7.53. The van der Waals surface area contributed by atoms with Crippen LogP contribution in [0.2, 0.25) is 0 Å². The largest absolute Gasteiger partial charge is 0.481 e. The van der Waals surface area contributed by atoms with Crippen LogP contribution in [-0.2, 0) is 14.5 Å². The third-order valence-electron chi connectivity index (χ3n) is 4.48. The quantitative estimate of drug-likeness (QED) is 0.0593. The third kappa shape index (κ3) is 27.7. The van der Waals surface area contributed by atoms with E-state index in [-0.39, 0.29) is 12.5 Å². The summed E-state index contributed by atoms with van der Waals surface area (Å²) >= 11 is 0. The lowest BCUT2D eigenvalue weighted by Crippen LogP contribution is -2.30. The van der Waals surface area contributed by atoms with Gasteiger partial charge in [-0.2, -0.15) is 0 Å². The molecule has 0 aromatic heterocycles. The standard InChI is InChI=1S/C20H32O4.C5H12N2O2/c1-2-3-13-16-19(24-23)17-14-11-9-7-5-4-6-8-10-12-15-18-20(21)22;6-3-1-2-4(7)5(8)9/h4-5,8-11,14,17,19,23H,2-3,6-7,12-13,15-16,18H2,1H3,(H,21,22);4H,1-3,6-7H2,(H,8,9)/b5-4+,10-8+,11-9+,17-14+;. The number of nitrogens with two attached hydrogens (primary N) is 2. The Kier molecular flexibility index (Phi) is 25.9. The van der Waals surface area contributed by atoms with Crippen molar-refractivity contribution >= 4 is 11.9 Å². The smallest absolute Gasteiger partial charge is 0.320 e. The minimum Gasteiger partial charge on any atom is -0.481 e. The van der Waals surface area contributed by atoms with Gasteiger partial charge in [-0.1, -0.05) is 74.8 Å². The number of unbranched alkanes of at least 4 members (excludes halogenated alkanes) is 3. The zero-order valence-electron chi connectivity index (χ0n) is 20.0. The first-order valence-electron chi connectivity index (χ1n) is 11.7. The average Bonchev–Trinajstić information content (AvgIpc) is 2.79. The first-order valence-corrected chi connectivity index (χ1v) is 11.7. The van der Waals surface area contributed by atoms with Crippen molar-refractivity contribution in [3.05, 3.63) is 48.6 Å². The molecule has 2 unspecified atom stereocenters. The molecule has 0 saturated carbocycles. The molecular weight excluding hydrogens is 424 g/mol. The average molecular weight is 469 g/mol. The molecule has 0 aliphatic heterocycles. The van der Waals surface area contributed by atoms with Gasteiger partial charge in [-0.05, 0) is 51.5 Å². The highest BCUT2D eigenvalue weighted by atomic mass is 17.1. The minimum atomic E-state index is -0.955. The van der Waals surface area contributed by atoms with E-state index >= 15 is 0 Å². The van der Waals surface area contributed by atoms with Crippen molar-refractivity contribution in [3.8, 4) is 0 Å². The van der Waals surface area contributed by atoms with Crippen LogP contribution >= 0.6 is 0 Å². The summed E-state index contributed by atoms with van der Waals surface area (Å²) in [6.07, 6.45) is 24.6. The molecule has 0 aromatic rings. The molecule has 8 nitrogen and oxygen atoms in total. The van der Waals surface area contributed by atoms with Crippen LogP contribution in [0, 0.1) is 0 Å². The van der Waals surface area contributed by atoms with Crippen LogP contribution in [-0.4, -0.2) is 46.1 Å². The van der Waals surface area contributed by atoms with Gasteiger partial charge in [-0.3, -0.25) is 14.8 Å². The van der Waals surface area contributed by atoms with Gasteiger partial charge in [0.2, 0.25) is 0 Å². The lowest BCUT2D eigenvalue weighted by atomic mass is 10.1. The highest BCUT2D eigenvalue weighted by Crippen LogP contribution is 2.07. The maximum Gasteiger partial charge on any atom is 0.320 e. The normalized spacial score (nSPS) is 13.6. The fraction of sp³-hybridized carbons (Fsp3) is 0.600.